The molecule has 0 saturated carbocycles. The van der Waals surface area contributed by atoms with Crippen molar-refractivity contribution in [1.82, 2.24) is 15.1 Å². The molecule has 3 aromatic rings. The van der Waals surface area contributed by atoms with Gasteiger partial charge in [0.05, 0.1) is 11.2 Å². The Balaban J connectivity index is 1.94. The Bertz CT molecular complexity index is 741. The topological polar surface area (TPSA) is 29.9 Å². The number of nitrogens with one attached hydrogen (secondary N) is 1. The minimum absolute atomic E-state index is 0.281. The molecule has 1 heterocycles. The van der Waals surface area contributed by atoms with E-state index < -0.39 is 0 Å². The molecular weight excluding hydrogens is 258 g/mol. The number of rotatable bonds is 4. The van der Waals surface area contributed by atoms with Gasteiger partial charge in [0.2, 0.25) is 0 Å². The maximum absolute atomic E-state index is 4.70. The van der Waals surface area contributed by atoms with Gasteiger partial charge in [0, 0.05) is 24.9 Å². The van der Waals surface area contributed by atoms with Crippen molar-refractivity contribution in [1.29, 1.82) is 0 Å². The maximum atomic E-state index is 4.70. The average molecular weight is 279 g/mol. The molecule has 2 aromatic carbocycles. The molecule has 0 aliphatic heterocycles. The lowest BCUT2D eigenvalue weighted by atomic mass is 9.99. The van der Waals surface area contributed by atoms with Crippen molar-refractivity contribution in [2.75, 3.05) is 7.05 Å². The summed E-state index contributed by atoms with van der Waals surface area (Å²) in [5.41, 5.74) is 4.93. The van der Waals surface area contributed by atoms with Crippen LogP contribution in [0.4, 0.5) is 0 Å². The molecule has 0 aliphatic rings. The van der Waals surface area contributed by atoms with Gasteiger partial charge in [0.1, 0.15) is 0 Å². The third kappa shape index (κ3) is 2.69. The second-order valence-electron chi connectivity index (χ2n) is 5.54. The molecule has 21 heavy (non-hydrogen) atoms. The van der Waals surface area contributed by atoms with Crippen molar-refractivity contribution >= 4 is 10.9 Å². The van der Waals surface area contributed by atoms with Gasteiger partial charge in [-0.25, -0.2) is 0 Å². The molecule has 1 aromatic heterocycles. The van der Waals surface area contributed by atoms with Gasteiger partial charge in [-0.3, -0.25) is 4.68 Å². The normalized spacial score (nSPS) is 12.7. The molecule has 1 unspecified atom stereocenters. The fourth-order valence-corrected chi connectivity index (χ4v) is 2.82. The van der Waals surface area contributed by atoms with Crippen LogP contribution in [0.15, 0.2) is 48.5 Å². The molecule has 1 N–H and O–H groups in total. The van der Waals surface area contributed by atoms with Crippen molar-refractivity contribution in [3.63, 3.8) is 0 Å². The smallest absolute Gasteiger partial charge is 0.0722 e. The van der Waals surface area contributed by atoms with E-state index in [4.69, 9.17) is 5.10 Å². The van der Waals surface area contributed by atoms with Crippen LogP contribution in [0.1, 0.15) is 22.9 Å². The lowest BCUT2D eigenvalue weighted by molar-refractivity contribution is 0.579. The third-order valence-corrected chi connectivity index (χ3v) is 4.06. The van der Waals surface area contributed by atoms with Gasteiger partial charge < -0.3 is 5.32 Å². The number of nitrogens with zero attached hydrogens (tertiary/aromatic N) is 2. The Morgan fingerprint density at radius 2 is 1.81 bits per heavy atom. The monoisotopic (exact) mass is 279 g/mol. The van der Waals surface area contributed by atoms with Crippen LogP contribution in [-0.2, 0) is 13.5 Å². The van der Waals surface area contributed by atoms with Crippen LogP contribution in [0.5, 0.6) is 0 Å². The summed E-state index contributed by atoms with van der Waals surface area (Å²) in [6.07, 6.45) is 0.890. The number of aryl methyl sites for hydroxylation is 2. The minimum Gasteiger partial charge on any atom is -0.313 e. The van der Waals surface area contributed by atoms with Gasteiger partial charge in [-0.05, 0) is 25.6 Å². The summed E-state index contributed by atoms with van der Waals surface area (Å²) >= 11 is 0. The van der Waals surface area contributed by atoms with Crippen LogP contribution in [0.25, 0.3) is 10.9 Å². The van der Waals surface area contributed by atoms with Crippen LogP contribution in [0.3, 0.4) is 0 Å². The number of fused-ring (bicyclic) bond motifs is 1. The predicted octanol–water partition coefficient (Wildman–Crippen LogP) is 3.38. The third-order valence-electron chi connectivity index (χ3n) is 4.06. The Hall–Kier alpha value is -2.13. The lowest BCUT2D eigenvalue weighted by Gasteiger charge is -2.16. The highest BCUT2D eigenvalue weighted by atomic mass is 15.3. The van der Waals surface area contributed by atoms with Gasteiger partial charge in [-0.15, -0.1) is 0 Å². The van der Waals surface area contributed by atoms with Gasteiger partial charge in [-0.1, -0.05) is 48.0 Å². The molecule has 108 valence electrons. The summed E-state index contributed by atoms with van der Waals surface area (Å²) in [6, 6.07) is 17.4. The fourth-order valence-electron chi connectivity index (χ4n) is 2.82. The van der Waals surface area contributed by atoms with E-state index in [9.17, 15) is 0 Å². The first-order valence-electron chi connectivity index (χ1n) is 7.33. The highest BCUT2D eigenvalue weighted by molar-refractivity contribution is 5.81. The zero-order valence-corrected chi connectivity index (χ0v) is 12.8. The molecule has 0 aliphatic carbocycles. The zero-order chi connectivity index (χ0) is 14.8. The second-order valence-corrected chi connectivity index (χ2v) is 5.54. The summed E-state index contributed by atoms with van der Waals surface area (Å²) in [5, 5.41) is 9.35. The van der Waals surface area contributed by atoms with Crippen LogP contribution < -0.4 is 5.32 Å². The SMILES string of the molecule is CNC(Cc1nn(C)c2ccccc12)c1ccc(C)cc1. The summed E-state index contributed by atoms with van der Waals surface area (Å²) in [5.74, 6) is 0. The van der Waals surface area contributed by atoms with Crippen LogP contribution in [0, 0.1) is 6.92 Å². The van der Waals surface area contributed by atoms with Crippen molar-refractivity contribution in [2.24, 2.45) is 7.05 Å². The van der Waals surface area contributed by atoms with Crippen LogP contribution in [-0.4, -0.2) is 16.8 Å². The zero-order valence-electron chi connectivity index (χ0n) is 12.8. The second kappa shape index (κ2) is 5.70. The Kier molecular flexibility index (Phi) is 3.76. The number of hydrogen-bond donors (Lipinski definition) is 1. The molecule has 0 radical (unpaired) electrons. The minimum atomic E-state index is 0.281. The van der Waals surface area contributed by atoms with E-state index in [1.54, 1.807) is 0 Å². The molecule has 1 atom stereocenters. The lowest BCUT2D eigenvalue weighted by Crippen LogP contribution is -2.19. The molecule has 0 spiro atoms. The van der Waals surface area contributed by atoms with Gasteiger partial charge >= 0.3 is 0 Å². The van der Waals surface area contributed by atoms with E-state index in [-0.39, 0.29) is 6.04 Å². The Morgan fingerprint density at radius 1 is 1.10 bits per heavy atom. The van der Waals surface area contributed by atoms with E-state index in [1.807, 2.05) is 18.8 Å². The summed E-state index contributed by atoms with van der Waals surface area (Å²) in [7, 11) is 4.02. The highest BCUT2D eigenvalue weighted by Crippen LogP contribution is 2.23. The van der Waals surface area contributed by atoms with Gasteiger partial charge in [0.15, 0.2) is 0 Å². The van der Waals surface area contributed by atoms with Crippen molar-refractivity contribution in [2.45, 2.75) is 19.4 Å². The molecular formula is C18H21N3. The van der Waals surface area contributed by atoms with E-state index in [0.717, 1.165) is 12.1 Å². The number of para-hydroxylation sites is 1. The molecule has 0 amide bonds. The number of benzene rings is 2. The molecule has 0 bridgehead atoms. The average Bonchev–Trinajstić information content (AvgIpc) is 2.83. The summed E-state index contributed by atoms with van der Waals surface area (Å²) < 4.78 is 1.96. The fraction of sp³-hybridized carbons (Fsp3) is 0.278. The van der Waals surface area contributed by atoms with Crippen LogP contribution >= 0.6 is 0 Å². The molecule has 3 nitrogen and oxygen atoms in total. The molecule has 3 rings (SSSR count). The predicted molar refractivity (Wildman–Crippen MR) is 87.4 cm³/mol. The van der Waals surface area contributed by atoms with Crippen molar-refractivity contribution in [3.05, 3.63) is 65.4 Å². The standard InChI is InChI=1S/C18H21N3/c1-13-8-10-14(11-9-13)16(19-2)12-17-15-6-4-5-7-18(15)21(3)20-17/h4-11,16,19H,12H2,1-3H3. The van der Waals surface area contributed by atoms with Crippen molar-refractivity contribution in [3.8, 4) is 0 Å². The van der Waals surface area contributed by atoms with E-state index >= 15 is 0 Å². The molecule has 3 heteroatoms. The van der Waals surface area contributed by atoms with E-state index in [1.165, 1.54) is 22.0 Å². The number of hydrogen-bond acceptors (Lipinski definition) is 2. The maximum Gasteiger partial charge on any atom is 0.0722 e. The Morgan fingerprint density at radius 3 is 2.52 bits per heavy atom. The first kappa shape index (κ1) is 13.8. The number of aromatic nitrogens is 2. The Labute approximate surface area is 125 Å². The first-order chi connectivity index (χ1) is 10.2. The summed E-state index contributed by atoms with van der Waals surface area (Å²) in [4.78, 5) is 0. The van der Waals surface area contributed by atoms with Gasteiger partial charge in [-0.2, -0.15) is 5.10 Å². The first-order valence-corrected chi connectivity index (χ1v) is 7.33. The number of likely N-dealkylation sites (N-methyl/N-ethyl adjacent to an activating group) is 1. The van der Waals surface area contributed by atoms with Crippen molar-refractivity contribution < 1.29 is 0 Å². The molecule has 0 fully saturated rings. The van der Waals surface area contributed by atoms with Gasteiger partial charge in [0.25, 0.3) is 0 Å². The quantitative estimate of drug-likeness (QED) is 0.793. The van der Waals surface area contributed by atoms with Crippen LogP contribution in [0.2, 0.25) is 0 Å². The summed E-state index contributed by atoms with van der Waals surface area (Å²) in [6.45, 7) is 2.12. The van der Waals surface area contributed by atoms with E-state index in [2.05, 4.69) is 60.8 Å². The molecule has 0 saturated heterocycles. The van der Waals surface area contributed by atoms with E-state index in [0.29, 0.717) is 0 Å². The highest BCUT2D eigenvalue weighted by Gasteiger charge is 2.15. The largest absolute Gasteiger partial charge is 0.313 e.